The van der Waals surface area contributed by atoms with Gasteiger partial charge in [-0.2, -0.15) is 5.11 Å². The Kier molecular flexibility index (Phi) is 8.62. The van der Waals surface area contributed by atoms with Gasteiger partial charge in [-0.15, -0.1) is 5.11 Å². The number of carbonyl (C=O) groups excluding carboxylic acids is 2. The minimum atomic E-state index is -2.55. The molecule has 0 aromatic heterocycles. The molecule has 0 atom stereocenters. The van der Waals surface area contributed by atoms with Crippen LogP contribution in [-0.2, 0) is 4.79 Å². The lowest BCUT2D eigenvalue weighted by molar-refractivity contribution is -0.115. The minimum absolute atomic E-state index is 0.0504. The number of hydrogen-bond acceptors (Lipinski definition) is 5. The number of rotatable bonds is 9. The third-order valence-corrected chi connectivity index (χ3v) is 10.1. The van der Waals surface area contributed by atoms with E-state index in [0.717, 1.165) is 15.9 Å². The third kappa shape index (κ3) is 5.80. The van der Waals surface area contributed by atoms with E-state index in [4.69, 9.17) is 0 Å². The molecule has 1 N–H and O–H groups in total. The maximum Gasteiger partial charge on any atom is 0.186 e. The highest BCUT2D eigenvalue weighted by Crippen LogP contribution is 2.44. The molecule has 0 unspecified atom stereocenters. The summed E-state index contributed by atoms with van der Waals surface area (Å²) >= 11 is 0. The van der Waals surface area contributed by atoms with E-state index in [2.05, 4.69) is 46.6 Å². The summed E-state index contributed by atoms with van der Waals surface area (Å²) in [6.45, 7) is 0.665. The summed E-state index contributed by atoms with van der Waals surface area (Å²) in [4.78, 5) is 24.6. The molecule has 190 valence electrons. The van der Waals surface area contributed by atoms with Crippen molar-refractivity contribution in [2.24, 2.45) is 10.2 Å². The van der Waals surface area contributed by atoms with Crippen LogP contribution < -0.4 is 15.9 Å². The maximum absolute atomic E-state index is 13.0. The Morgan fingerprint density at radius 2 is 1.18 bits per heavy atom. The van der Waals surface area contributed by atoms with Crippen molar-refractivity contribution in [3.05, 3.63) is 132 Å². The monoisotopic (exact) mass is 520 g/mol. The molecule has 4 aromatic carbocycles. The maximum atomic E-state index is 13.0. The van der Waals surface area contributed by atoms with E-state index in [1.165, 1.54) is 6.92 Å². The second-order valence-corrected chi connectivity index (χ2v) is 11.9. The highest BCUT2D eigenvalue weighted by molar-refractivity contribution is 7.94. The fourth-order valence-corrected chi connectivity index (χ4v) is 7.95. The average molecular weight is 521 g/mol. The van der Waals surface area contributed by atoms with Gasteiger partial charge in [0.15, 0.2) is 17.3 Å². The Bertz CT molecular complexity index is 1420. The number of benzene rings is 4. The molecule has 0 amide bonds. The summed E-state index contributed by atoms with van der Waals surface area (Å²) in [5, 5.41) is 23.1. The molecule has 0 radical (unpaired) electrons. The Morgan fingerprint density at radius 1 is 0.737 bits per heavy atom. The topological polar surface area (TPSA) is 79.1 Å². The van der Waals surface area contributed by atoms with Crippen LogP contribution in [0.4, 0.5) is 5.69 Å². The quantitative estimate of drug-likeness (QED) is 0.0897. The van der Waals surface area contributed by atoms with Crippen molar-refractivity contribution < 1.29 is 14.7 Å². The molecular weight excluding hydrogens is 491 g/mol. The lowest BCUT2D eigenvalue weighted by Crippen LogP contribution is -2.27. The zero-order valence-electron chi connectivity index (χ0n) is 21.4. The number of aliphatic hydroxyl groups is 1. The molecule has 6 heteroatoms. The Labute approximate surface area is 223 Å². The fourth-order valence-electron chi connectivity index (χ4n) is 4.19. The average Bonchev–Trinajstić information content (AvgIpc) is 2.97. The van der Waals surface area contributed by atoms with E-state index in [1.807, 2.05) is 54.6 Å². The number of ketones is 2. The summed E-state index contributed by atoms with van der Waals surface area (Å²) < 4.78 is 0. The lowest BCUT2D eigenvalue weighted by Gasteiger charge is -2.28. The number of allylic oxidation sites excluding steroid dienone is 2. The van der Waals surface area contributed by atoms with E-state index in [0.29, 0.717) is 11.3 Å². The molecular formula is C32H29N2O3P. The molecule has 38 heavy (non-hydrogen) atoms. The molecule has 4 rings (SSSR count). The van der Waals surface area contributed by atoms with Gasteiger partial charge in [-0.05, 0) is 59.8 Å². The first-order chi connectivity index (χ1) is 18.5. The first kappa shape index (κ1) is 26.7. The smallest absolute Gasteiger partial charge is 0.186 e. The predicted octanol–water partition coefficient (Wildman–Crippen LogP) is 6.52. The number of carbonyl (C=O) groups is 2. The van der Waals surface area contributed by atoms with Gasteiger partial charge in [0.1, 0.15) is 5.76 Å². The van der Waals surface area contributed by atoms with Crippen molar-refractivity contribution in [1.29, 1.82) is 0 Å². The van der Waals surface area contributed by atoms with Gasteiger partial charge in [0.2, 0.25) is 0 Å². The van der Waals surface area contributed by atoms with Gasteiger partial charge in [0.05, 0.1) is 5.69 Å². The van der Waals surface area contributed by atoms with Crippen molar-refractivity contribution in [2.45, 2.75) is 20.3 Å². The zero-order valence-corrected chi connectivity index (χ0v) is 22.3. The summed E-state index contributed by atoms with van der Waals surface area (Å²) in [6.07, 6.45) is 0.156. The molecule has 0 aliphatic carbocycles. The fraction of sp³-hybridized carbons (Fsp3) is 0.0938. The van der Waals surface area contributed by atoms with Crippen molar-refractivity contribution in [2.75, 3.05) is 0 Å². The van der Waals surface area contributed by atoms with E-state index < -0.39 is 6.89 Å². The molecule has 0 heterocycles. The summed E-state index contributed by atoms with van der Waals surface area (Å²) in [5.41, 5.74) is 0.929. The predicted molar refractivity (Wildman–Crippen MR) is 157 cm³/mol. The first-order valence-electron chi connectivity index (χ1n) is 12.4. The molecule has 0 aliphatic heterocycles. The van der Waals surface area contributed by atoms with Gasteiger partial charge < -0.3 is 5.11 Å². The summed E-state index contributed by atoms with van der Waals surface area (Å²) in [5.74, 6) is 1.21. The minimum Gasteiger partial charge on any atom is -0.505 e. The number of azo groups is 1. The molecule has 4 aromatic rings. The van der Waals surface area contributed by atoms with Crippen LogP contribution in [0.15, 0.2) is 137 Å². The van der Waals surface area contributed by atoms with Crippen LogP contribution in [0.1, 0.15) is 30.6 Å². The Balaban J connectivity index is 1.98. The largest absolute Gasteiger partial charge is 0.505 e. The Morgan fingerprint density at radius 3 is 1.58 bits per heavy atom. The van der Waals surface area contributed by atoms with E-state index in [1.54, 1.807) is 37.0 Å². The van der Waals surface area contributed by atoms with Crippen molar-refractivity contribution in [3.63, 3.8) is 0 Å². The van der Waals surface area contributed by atoms with Crippen molar-refractivity contribution in [3.8, 4) is 0 Å². The molecule has 0 bridgehead atoms. The summed E-state index contributed by atoms with van der Waals surface area (Å²) in [6, 6.07) is 36.7. The van der Waals surface area contributed by atoms with Gasteiger partial charge in [0.25, 0.3) is 0 Å². The van der Waals surface area contributed by atoms with Crippen molar-refractivity contribution >= 4 is 45.8 Å². The molecule has 0 fully saturated rings. The molecule has 0 saturated heterocycles. The number of nitrogens with zero attached hydrogens (tertiary/aromatic N) is 2. The zero-order chi connectivity index (χ0) is 27.0. The standard InChI is InChI=1S/C32H29N2O3P/c1-3-30(36)32(34-33-26-21-19-25(20-22-26)24(2)35)31(37)23-38(27-13-7-4-8-14-27,28-15-9-5-10-16-28)29-17-11-6-12-18-29/h4-23,37H,3H2,1-2H3/b32-31-,34-33?. The first-order valence-corrected chi connectivity index (χ1v) is 14.2. The van der Waals surface area contributed by atoms with Gasteiger partial charge in [-0.25, -0.2) is 0 Å². The molecule has 0 aliphatic rings. The van der Waals surface area contributed by atoms with Crippen LogP contribution in [0, 0.1) is 0 Å². The third-order valence-electron chi connectivity index (χ3n) is 6.17. The molecule has 0 spiro atoms. The number of hydrogen-bond donors (Lipinski definition) is 1. The van der Waals surface area contributed by atoms with Crippen molar-refractivity contribution in [1.82, 2.24) is 0 Å². The van der Waals surface area contributed by atoms with Gasteiger partial charge in [-0.1, -0.05) is 97.9 Å². The highest BCUT2D eigenvalue weighted by Gasteiger charge is 2.27. The van der Waals surface area contributed by atoms with Gasteiger partial charge in [-0.3, -0.25) is 9.59 Å². The lowest BCUT2D eigenvalue weighted by atomic mass is 10.1. The van der Waals surface area contributed by atoms with Gasteiger partial charge >= 0.3 is 0 Å². The second-order valence-electron chi connectivity index (χ2n) is 8.67. The van der Waals surface area contributed by atoms with Crippen LogP contribution in [0.25, 0.3) is 0 Å². The van der Waals surface area contributed by atoms with Crippen LogP contribution in [0.2, 0.25) is 0 Å². The van der Waals surface area contributed by atoms with Crippen LogP contribution in [0.3, 0.4) is 0 Å². The number of Topliss-reactive ketones (excluding diaryl/α,β-unsaturated/α-hetero) is 2. The van der Waals surface area contributed by atoms with Crippen LogP contribution in [-0.4, -0.2) is 22.5 Å². The normalized spacial score (nSPS) is 12.2. The van der Waals surface area contributed by atoms with E-state index >= 15 is 0 Å². The SMILES string of the molecule is CCC(=O)/C(N=Nc1ccc(C(C)=O)cc1)=C(/O)C=P(c1ccccc1)(c1ccccc1)c1ccccc1. The second kappa shape index (κ2) is 12.3. The molecule has 0 saturated carbocycles. The molecule has 5 nitrogen and oxygen atoms in total. The van der Waals surface area contributed by atoms with Crippen LogP contribution in [0.5, 0.6) is 0 Å². The summed E-state index contributed by atoms with van der Waals surface area (Å²) in [7, 11) is 0. The van der Waals surface area contributed by atoms with E-state index in [-0.39, 0.29) is 29.4 Å². The highest BCUT2D eigenvalue weighted by atomic mass is 31.2. The Hall–Kier alpha value is -4.34. The van der Waals surface area contributed by atoms with Gasteiger partial charge in [0, 0.05) is 12.0 Å². The van der Waals surface area contributed by atoms with E-state index in [9.17, 15) is 14.7 Å². The van der Waals surface area contributed by atoms with Crippen LogP contribution >= 0.6 is 6.89 Å². The number of aliphatic hydroxyl groups excluding tert-OH is 1.